The standard InChI is InChI=1S/C13H13N3O2S/c1-16-9-11(7-15-16)13(18)14-8-12-10(3-2-5-17)4-6-19-12/h4,6-7,9,17H,5,8H2,1H3,(H,14,18). The number of hydrogen-bond donors (Lipinski definition) is 2. The summed E-state index contributed by atoms with van der Waals surface area (Å²) >= 11 is 1.52. The van der Waals surface area contributed by atoms with E-state index in [0.29, 0.717) is 12.1 Å². The third kappa shape index (κ3) is 3.44. The lowest BCUT2D eigenvalue weighted by atomic mass is 10.2. The minimum Gasteiger partial charge on any atom is -0.384 e. The number of aryl methyl sites for hydroxylation is 1. The van der Waals surface area contributed by atoms with Crippen molar-refractivity contribution in [1.82, 2.24) is 15.1 Å². The fourth-order valence-corrected chi connectivity index (χ4v) is 2.29. The van der Waals surface area contributed by atoms with Gasteiger partial charge in [-0.25, -0.2) is 0 Å². The fourth-order valence-electron chi connectivity index (χ4n) is 1.52. The number of amides is 1. The van der Waals surface area contributed by atoms with Gasteiger partial charge in [0.1, 0.15) is 6.61 Å². The van der Waals surface area contributed by atoms with Gasteiger partial charge in [-0.05, 0) is 11.4 Å². The van der Waals surface area contributed by atoms with E-state index < -0.39 is 0 Å². The van der Waals surface area contributed by atoms with E-state index >= 15 is 0 Å². The van der Waals surface area contributed by atoms with Crippen molar-refractivity contribution < 1.29 is 9.90 Å². The normalized spacial score (nSPS) is 9.79. The highest BCUT2D eigenvalue weighted by molar-refractivity contribution is 7.10. The van der Waals surface area contributed by atoms with Crippen LogP contribution in [-0.4, -0.2) is 27.4 Å². The van der Waals surface area contributed by atoms with Crippen molar-refractivity contribution in [1.29, 1.82) is 0 Å². The Morgan fingerprint density at radius 2 is 2.47 bits per heavy atom. The molecule has 0 atom stereocenters. The Balaban J connectivity index is 1.99. The minimum absolute atomic E-state index is 0.164. The van der Waals surface area contributed by atoms with Crippen LogP contribution < -0.4 is 5.32 Å². The van der Waals surface area contributed by atoms with Crippen LogP contribution in [0.1, 0.15) is 20.8 Å². The van der Waals surface area contributed by atoms with E-state index in [2.05, 4.69) is 22.3 Å². The molecule has 0 radical (unpaired) electrons. The fraction of sp³-hybridized carbons (Fsp3) is 0.231. The Kier molecular flexibility index (Phi) is 4.34. The molecule has 5 nitrogen and oxygen atoms in total. The number of aliphatic hydroxyl groups is 1. The SMILES string of the molecule is Cn1cc(C(=O)NCc2sccc2C#CCO)cn1. The van der Waals surface area contributed by atoms with Crippen LogP contribution >= 0.6 is 11.3 Å². The molecule has 2 rings (SSSR count). The van der Waals surface area contributed by atoms with Gasteiger partial charge in [0.25, 0.3) is 5.91 Å². The van der Waals surface area contributed by atoms with Crippen LogP contribution in [0, 0.1) is 11.8 Å². The topological polar surface area (TPSA) is 67.2 Å². The molecule has 0 saturated carbocycles. The molecule has 0 unspecified atom stereocenters. The highest BCUT2D eigenvalue weighted by Crippen LogP contribution is 2.15. The van der Waals surface area contributed by atoms with Gasteiger partial charge in [-0.1, -0.05) is 11.8 Å². The van der Waals surface area contributed by atoms with Gasteiger partial charge in [0.05, 0.1) is 18.3 Å². The zero-order chi connectivity index (χ0) is 13.7. The van der Waals surface area contributed by atoms with Gasteiger partial charge in [0.15, 0.2) is 0 Å². The smallest absolute Gasteiger partial charge is 0.254 e. The van der Waals surface area contributed by atoms with Crippen molar-refractivity contribution in [3.63, 3.8) is 0 Å². The number of nitrogens with zero attached hydrogens (tertiary/aromatic N) is 2. The second-order valence-electron chi connectivity index (χ2n) is 3.80. The third-order valence-corrected chi connectivity index (χ3v) is 3.35. The Morgan fingerprint density at radius 3 is 3.16 bits per heavy atom. The molecule has 2 aromatic rings. The number of aliphatic hydroxyl groups excluding tert-OH is 1. The lowest BCUT2D eigenvalue weighted by molar-refractivity contribution is 0.0951. The molecule has 0 saturated heterocycles. The van der Waals surface area contributed by atoms with E-state index in [0.717, 1.165) is 10.4 Å². The zero-order valence-corrected chi connectivity index (χ0v) is 11.2. The van der Waals surface area contributed by atoms with Gasteiger partial charge in [0.2, 0.25) is 0 Å². The molecule has 0 fully saturated rings. The molecule has 2 heterocycles. The van der Waals surface area contributed by atoms with Crippen LogP contribution in [0.2, 0.25) is 0 Å². The number of aromatic nitrogens is 2. The van der Waals surface area contributed by atoms with E-state index in [1.807, 2.05) is 11.4 Å². The van der Waals surface area contributed by atoms with E-state index in [9.17, 15) is 4.79 Å². The van der Waals surface area contributed by atoms with Gasteiger partial charge in [-0.2, -0.15) is 5.10 Å². The van der Waals surface area contributed by atoms with Gasteiger partial charge in [0, 0.05) is 23.7 Å². The first-order valence-corrected chi connectivity index (χ1v) is 6.51. The summed E-state index contributed by atoms with van der Waals surface area (Å²) in [5, 5.41) is 17.4. The third-order valence-electron chi connectivity index (χ3n) is 2.42. The van der Waals surface area contributed by atoms with Crippen molar-refractivity contribution in [2.45, 2.75) is 6.54 Å². The molecular weight excluding hydrogens is 262 g/mol. The summed E-state index contributed by atoms with van der Waals surface area (Å²) in [5.74, 6) is 5.29. The van der Waals surface area contributed by atoms with Crippen LogP contribution in [0.4, 0.5) is 0 Å². The molecule has 0 aliphatic rings. The average molecular weight is 275 g/mol. The predicted molar refractivity (Wildman–Crippen MR) is 72.7 cm³/mol. The van der Waals surface area contributed by atoms with Crippen molar-refractivity contribution >= 4 is 17.2 Å². The number of hydrogen-bond acceptors (Lipinski definition) is 4. The lowest BCUT2D eigenvalue weighted by Gasteiger charge is -2.02. The van der Waals surface area contributed by atoms with Crippen LogP contribution in [0.5, 0.6) is 0 Å². The molecule has 19 heavy (non-hydrogen) atoms. The molecule has 1 amide bonds. The molecule has 0 aliphatic heterocycles. The first kappa shape index (κ1) is 13.3. The Bertz CT molecular complexity index is 634. The maximum absolute atomic E-state index is 11.8. The van der Waals surface area contributed by atoms with Gasteiger partial charge < -0.3 is 10.4 Å². The van der Waals surface area contributed by atoms with Crippen molar-refractivity contribution in [3.8, 4) is 11.8 Å². The number of carbonyl (C=O) groups excluding carboxylic acids is 1. The number of carbonyl (C=O) groups is 1. The van der Waals surface area contributed by atoms with E-state index in [-0.39, 0.29) is 12.5 Å². The number of thiophene rings is 1. The molecular formula is C13H13N3O2S. The van der Waals surface area contributed by atoms with E-state index in [4.69, 9.17) is 5.11 Å². The molecule has 2 N–H and O–H groups in total. The Morgan fingerprint density at radius 1 is 1.63 bits per heavy atom. The second kappa shape index (κ2) is 6.18. The summed E-state index contributed by atoms with van der Waals surface area (Å²) in [6.45, 7) is 0.248. The summed E-state index contributed by atoms with van der Waals surface area (Å²) in [6, 6.07) is 1.87. The van der Waals surface area contributed by atoms with Crippen LogP contribution in [0.25, 0.3) is 0 Å². The Labute approximate surface area is 114 Å². The monoisotopic (exact) mass is 275 g/mol. The van der Waals surface area contributed by atoms with Gasteiger partial charge in [-0.3, -0.25) is 9.48 Å². The minimum atomic E-state index is -0.169. The summed E-state index contributed by atoms with van der Waals surface area (Å²) in [5.41, 5.74) is 1.37. The molecule has 0 bridgehead atoms. The van der Waals surface area contributed by atoms with E-state index in [1.165, 1.54) is 17.5 Å². The lowest BCUT2D eigenvalue weighted by Crippen LogP contribution is -2.22. The first-order chi connectivity index (χ1) is 9.20. The predicted octanol–water partition coefficient (Wildman–Crippen LogP) is 0.755. The zero-order valence-electron chi connectivity index (χ0n) is 10.4. The summed E-state index contributed by atoms with van der Waals surface area (Å²) < 4.78 is 1.58. The Hall–Kier alpha value is -2.10. The largest absolute Gasteiger partial charge is 0.384 e. The molecule has 6 heteroatoms. The maximum atomic E-state index is 11.8. The highest BCUT2D eigenvalue weighted by atomic mass is 32.1. The quantitative estimate of drug-likeness (QED) is 0.813. The van der Waals surface area contributed by atoms with Gasteiger partial charge in [-0.15, -0.1) is 11.3 Å². The average Bonchev–Trinajstić information content (AvgIpc) is 3.02. The molecule has 0 spiro atoms. The number of nitrogens with one attached hydrogen (secondary N) is 1. The van der Waals surface area contributed by atoms with E-state index in [1.54, 1.807) is 17.9 Å². The van der Waals surface area contributed by atoms with Crippen LogP contribution in [0.15, 0.2) is 23.8 Å². The number of rotatable bonds is 3. The molecule has 0 aromatic carbocycles. The molecule has 0 aliphatic carbocycles. The van der Waals surface area contributed by atoms with Crippen LogP contribution in [-0.2, 0) is 13.6 Å². The van der Waals surface area contributed by atoms with Crippen molar-refractivity contribution in [2.24, 2.45) is 7.05 Å². The van der Waals surface area contributed by atoms with Gasteiger partial charge >= 0.3 is 0 Å². The van der Waals surface area contributed by atoms with Crippen molar-refractivity contribution in [3.05, 3.63) is 39.8 Å². The molecule has 98 valence electrons. The van der Waals surface area contributed by atoms with Crippen molar-refractivity contribution in [2.75, 3.05) is 6.61 Å². The summed E-state index contributed by atoms with van der Waals surface area (Å²) in [7, 11) is 1.76. The van der Waals surface area contributed by atoms with Crippen LogP contribution in [0.3, 0.4) is 0 Å². The molecule has 2 aromatic heterocycles. The highest BCUT2D eigenvalue weighted by Gasteiger charge is 2.09. The summed E-state index contributed by atoms with van der Waals surface area (Å²) in [4.78, 5) is 12.8. The maximum Gasteiger partial charge on any atom is 0.254 e. The summed E-state index contributed by atoms with van der Waals surface area (Å²) in [6.07, 6.45) is 3.19. The first-order valence-electron chi connectivity index (χ1n) is 5.63. The second-order valence-corrected chi connectivity index (χ2v) is 4.80.